The number of carbonyl (C=O) groups excluding carboxylic acids is 1. The summed E-state index contributed by atoms with van der Waals surface area (Å²) in [5.74, 6) is 0.354. The number of carbonyl (C=O) groups is 1. The molecule has 9 heteroatoms. The summed E-state index contributed by atoms with van der Waals surface area (Å²) in [6.45, 7) is 0. The van der Waals surface area contributed by atoms with Crippen molar-refractivity contribution in [3.8, 4) is 17.2 Å². The molecule has 2 rings (SSSR count). The second kappa shape index (κ2) is 6.69. The molecule has 0 spiro atoms. The van der Waals surface area contributed by atoms with Gasteiger partial charge in [0, 0.05) is 11.6 Å². The monoisotopic (exact) mass is 321 g/mol. The molecule has 0 aliphatic carbocycles. The normalized spacial score (nSPS) is 10.0. The Morgan fingerprint density at radius 2 is 1.57 bits per heavy atom. The number of hydrogen-bond acceptors (Lipinski definition) is 6. The highest BCUT2D eigenvalue weighted by atomic mass is 16.5. The highest BCUT2D eigenvalue weighted by Crippen LogP contribution is 2.38. The van der Waals surface area contributed by atoms with Crippen molar-refractivity contribution in [3.05, 3.63) is 44.6 Å². The predicted octanol–water partition coefficient (Wildman–Crippen LogP) is 0.341. The van der Waals surface area contributed by atoms with Crippen LogP contribution in [0, 0.1) is 0 Å². The summed E-state index contributed by atoms with van der Waals surface area (Å²) in [5.41, 5.74) is -1.16. The maximum absolute atomic E-state index is 12.3. The molecule has 122 valence electrons. The summed E-state index contributed by atoms with van der Waals surface area (Å²) < 4.78 is 15.5. The smallest absolute Gasteiger partial charge is 0.327 e. The zero-order valence-corrected chi connectivity index (χ0v) is 12.7. The first-order chi connectivity index (χ1) is 11.0. The molecule has 1 aromatic heterocycles. The first-order valence-corrected chi connectivity index (χ1v) is 6.43. The van der Waals surface area contributed by atoms with Crippen molar-refractivity contribution < 1.29 is 19.0 Å². The van der Waals surface area contributed by atoms with Gasteiger partial charge in [0.05, 0.1) is 21.3 Å². The summed E-state index contributed by atoms with van der Waals surface area (Å²) >= 11 is 0. The maximum Gasteiger partial charge on any atom is 0.327 e. The molecule has 2 aromatic rings. The number of anilines is 1. The molecule has 0 aliphatic heterocycles. The van der Waals surface area contributed by atoms with Gasteiger partial charge in [0.2, 0.25) is 5.75 Å². The van der Waals surface area contributed by atoms with Crippen molar-refractivity contribution in [2.24, 2.45) is 0 Å². The highest BCUT2D eigenvalue weighted by molar-refractivity contribution is 6.04. The number of hydrogen-bond donors (Lipinski definition) is 3. The van der Waals surface area contributed by atoms with Crippen LogP contribution in [0.4, 0.5) is 5.82 Å². The third-order valence-electron chi connectivity index (χ3n) is 2.94. The summed E-state index contributed by atoms with van der Waals surface area (Å²) in [6, 6.07) is 3.95. The van der Waals surface area contributed by atoms with Crippen LogP contribution in [-0.4, -0.2) is 37.2 Å². The Hall–Kier alpha value is -3.23. The fourth-order valence-corrected chi connectivity index (χ4v) is 1.94. The minimum absolute atomic E-state index is 0.0301. The molecule has 0 radical (unpaired) electrons. The first kappa shape index (κ1) is 16.1. The SMILES string of the molecule is COc1cc(C(=O)Nc2cc(=O)[nH]c(=O)[nH]2)cc(OC)c1OC. The van der Waals surface area contributed by atoms with E-state index in [-0.39, 0.29) is 11.4 Å². The van der Waals surface area contributed by atoms with Crippen LogP contribution in [0.2, 0.25) is 0 Å². The third-order valence-corrected chi connectivity index (χ3v) is 2.94. The second-order valence-electron chi connectivity index (χ2n) is 4.37. The van der Waals surface area contributed by atoms with Crippen LogP contribution in [0.1, 0.15) is 10.4 Å². The minimum atomic E-state index is -0.724. The summed E-state index contributed by atoms with van der Waals surface area (Å²) in [4.78, 5) is 39.0. The van der Waals surface area contributed by atoms with Crippen molar-refractivity contribution in [2.75, 3.05) is 26.6 Å². The van der Waals surface area contributed by atoms with Gasteiger partial charge in [0.15, 0.2) is 11.5 Å². The second-order valence-corrected chi connectivity index (χ2v) is 4.37. The number of nitrogens with one attached hydrogen (secondary N) is 3. The van der Waals surface area contributed by atoms with Crippen LogP contribution >= 0.6 is 0 Å². The molecule has 0 saturated carbocycles. The van der Waals surface area contributed by atoms with Crippen molar-refractivity contribution in [3.63, 3.8) is 0 Å². The van der Waals surface area contributed by atoms with Crippen molar-refractivity contribution in [1.29, 1.82) is 0 Å². The van der Waals surface area contributed by atoms with Gasteiger partial charge >= 0.3 is 5.69 Å². The van der Waals surface area contributed by atoms with E-state index < -0.39 is 17.2 Å². The molecule has 0 unspecified atom stereocenters. The average molecular weight is 321 g/mol. The standard InChI is InChI=1S/C14H15N3O6/c1-21-8-4-7(5-9(22-2)12(8)23-3)13(19)15-10-6-11(18)17-14(20)16-10/h4-6H,1-3H3,(H3,15,16,17,18,19,20). The van der Waals surface area contributed by atoms with Crippen molar-refractivity contribution in [1.82, 2.24) is 9.97 Å². The largest absolute Gasteiger partial charge is 0.493 e. The molecule has 23 heavy (non-hydrogen) atoms. The fraction of sp³-hybridized carbons (Fsp3) is 0.214. The Labute approximate surface area is 130 Å². The summed E-state index contributed by atoms with van der Waals surface area (Å²) in [5, 5.41) is 2.41. The maximum atomic E-state index is 12.3. The number of aromatic nitrogens is 2. The van der Waals surface area contributed by atoms with Crippen LogP contribution in [0.5, 0.6) is 17.2 Å². The number of amides is 1. The zero-order valence-electron chi connectivity index (χ0n) is 12.7. The summed E-state index contributed by atoms with van der Waals surface area (Å²) in [6.07, 6.45) is 0. The van der Waals surface area contributed by atoms with Crippen molar-refractivity contribution >= 4 is 11.7 Å². The van der Waals surface area contributed by atoms with E-state index in [0.717, 1.165) is 6.07 Å². The molecule has 0 aliphatic rings. The van der Waals surface area contributed by atoms with Crippen LogP contribution in [0.3, 0.4) is 0 Å². The number of H-pyrrole nitrogens is 2. The Balaban J connectivity index is 2.39. The van der Waals surface area contributed by atoms with E-state index in [4.69, 9.17) is 14.2 Å². The van der Waals surface area contributed by atoms with Gasteiger partial charge in [-0.2, -0.15) is 0 Å². The first-order valence-electron chi connectivity index (χ1n) is 6.43. The Bertz CT molecular complexity index is 786. The van der Waals surface area contributed by atoms with Gasteiger partial charge < -0.3 is 19.5 Å². The lowest BCUT2D eigenvalue weighted by Crippen LogP contribution is -2.24. The van der Waals surface area contributed by atoms with Gasteiger partial charge in [-0.1, -0.05) is 0 Å². The van der Waals surface area contributed by atoms with Crippen LogP contribution in [0.15, 0.2) is 27.8 Å². The lowest BCUT2D eigenvalue weighted by Gasteiger charge is -2.14. The summed E-state index contributed by atoms with van der Waals surface area (Å²) in [7, 11) is 4.29. The van der Waals surface area contributed by atoms with Gasteiger partial charge in [-0.25, -0.2) is 4.79 Å². The number of benzene rings is 1. The molecule has 1 aromatic carbocycles. The van der Waals surface area contributed by atoms with Gasteiger partial charge in [-0.05, 0) is 12.1 Å². The number of rotatable bonds is 5. The predicted molar refractivity (Wildman–Crippen MR) is 81.7 cm³/mol. The van der Waals surface area contributed by atoms with E-state index in [0.29, 0.717) is 17.2 Å². The lowest BCUT2D eigenvalue weighted by molar-refractivity contribution is 0.102. The third kappa shape index (κ3) is 3.51. The van der Waals surface area contributed by atoms with E-state index in [9.17, 15) is 14.4 Å². The average Bonchev–Trinajstić information content (AvgIpc) is 2.52. The quantitative estimate of drug-likeness (QED) is 0.730. The van der Waals surface area contributed by atoms with Crippen molar-refractivity contribution in [2.45, 2.75) is 0 Å². The number of aromatic amines is 2. The molecular formula is C14H15N3O6. The molecule has 1 heterocycles. The number of ether oxygens (including phenoxy) is 3. The Morgan fingerprint density at radius 1 is 0.957 bits per heavy atom. The van der Waals surface area contributed by atoms with E-state index >= 15 is 0 Å². The minimum Gasteiger partial charge on any atom is -0.493 e. The van der Waals surface area contributed by atoms with Crippen LogP contribution in [0.25, 0.3) is 0 Å². The van der Waals surface area contributed by atoms with Gasteiger partial charge in [0.25, 0.3) is 11.5 Å². The zero-order chi connectivity index (χ0) is 17.0. The van der Waals surface area contributed by atoms with E-state index in [1.165, 1.54) is 33.5 Å². The topological polar surface area (TPSA) is 123 Å². The molecular weight excluding hydrogens is 306 g/mol. The molecule has 1 amide bonds. The molecule has 3 N–H and O–H groups in total. The highest BCUT2D eigenvalue weighted by Gasteiger charge is 2.17. The van der Waals surface area contributed by atoms with Gasteiger partial charge in [-0.3, -0.25) is 19.6 Å². The molecule has 9 nitrogen and oxygen atoms in total. The van der Waals surface area contributed by atoms with Crippen LogP contribution < -0.4 is 30.8 Å². The fourth-order valence-electron chi connectivity index (χ4n) is 1.94. The molecule has 0 fully saturated rings. The molecule has 0 bridgehead atoms. The van der Waals surface area contributed by atoms with E-state index in [1.54, 1.807) is 0 Å². The lowest BCUT2D eigenvalue weighted by atomic mass is 10.1. The van der Waals surface area contributed by atoms with Crippen LogP contribution in [-0.2, 0) is 0 Å². The van der Waals surface area contributed by atoms with Gasteiger partial charge in [-0.15, -0.1) is 0 Å². The van der Waals surface area contributed by atoms with Gasteiger partial charge in [0.1, 0.15) is 5.82 Å². The molecule has 0 atom stereocenters. The van der Waals surface area contributed by atoms with E-state index in [2.05, 4.69) is 10.3 Å². The Kier molecular flexibility index (Phi) is 4.69. The Morgan fingerprint density at radius 3 is 2.04 bits per heavy atom. The number of methoxy groups -OCH3 is 3. The van der Waals surface area contributed by atoms with E-state index in [1.807, 2.05) is 4.98 Å². The molecule has 0 saturated heterocycles.